The first-order valence-electron chi connectivity index (χ1n) is 4.29. The van der Waals surface area contributed by atoms with E-state index < -0.39 is 6.10 Å². The van der Waals surface area contributed by atoms with Gasteiger partial charge in [-0.05, 0) is 19.1 Å². The molecular weight excluding hydrogens is 182 g/mol. The van der Waals surface area contributed by atoms with E-state index in [1.165, 1.54) is 18.3 Å². The summed E-state index contributed by atoms with van der Waals surface area (Å²) in [6.07, 6.45) is 0.965. The van der Waals surface area contributed by atoms with Crippen LogP contribution in [0.1, 0.15) is 12.5 Å². The highest BCUT2D eigenvalue weighted by Crippen LogP contribution is 2.20. The molecule has 1 rings (SSSR count). The van der Waals surface area contributed by atoms with Crippen LogP contribution in [0, 0.1) is 0 Å². The molecule has 0 saturated heterocycles. The number of benzene rings is 1. The van der Waals surface area contributed by atoms with E-state index in [1.54, 1.807) is 13.0 Å². The van der Waals surface area contributed by atoms with E-state index in [4.69, 9.17) is 10.2 Å². The first kappa shape index (κ1) is 10.5. The van der Waals surface area contributed by atoms with E-state index in [-0.39, 0.29) is 11.5 Å². The smallest absolute Gasteiger partial charge is 0.128 e. The van der Waals surface area contributed by atoms with Crippen molar-refractivity contribution in [1.82, 2.24) is 0 Å². The first-order chi connectivity index (χ1) is 6.59. The van der Waals surface area contributed by atoms with Gasteiger partial charge < -0.3 is 15.3 Å². The Balaban J connectivity index is 2.72. The number of rotatable bonds is 3. The molecule has 4 heteroatoms. The predicted molar refractivity (Wildman–Crippen MR) is 53.9 cm³/mol. The molecule has 1 aromatic carbocycles. The first-order valence-corrected chi connectivity index (χ1v) is 4.29. The maximum absolute atomic E-state index is 9.34. The predicted octanol–water partition coefficient (Wildman–Crippen LogP) is 0.897. The van der Waals surface area contributed by atoms with Gasteiger partial charge in [-0.1, -0.05) is 0 Å². The van der Waals surface area contributed by atoms with Gasteiger partial charge in [-0.3, -0.25) is 4.99 Å². The molecule has 0 bridgehead atoms. The average molecular weight is 195 g/mol. The van der Waals surface area contributed by atoms with Gasteiger partial charge in [-0.15, -0.1) is 0 Å². The molecule has 0 aliphatic rings. The zero-order valence-electron chi connectivity index (χ0n) is 7.88. The van der Waals surface area contributed by atoms with Gasteiger partial charge in [0.25, 0.3) is 0 Å². The van der Waals surface area contributed by atoms with Crippen molar-refractivity contribution in [2.45, 2.75) is 13.0 Å². The Labute approximate surface area is 82.2 Å². The standard InChI is InChI=1S/C10H13NO3/c1-7(12)5-11-6-8-2-3-9(13)4-10(8)14/h2-4,6-7,12-14H,5H2,1H3. The summed E-state index contributed by atoms with van der Waals surface area (Å²) in [5.74, 6) is -0.0190. The van der Waals surface area contributed by atoms with Crippen LogP contribution in [0.2, 0.25) is 0 Å². The second kappa shape index (κ2) is 4.62. The van der Waals surface area contributed by atoms with E-state index in [1.807, 2.05) is 0 Å². The van der Waals surface area contributed by atoms with E-state index in [9.17, 15) is 5.11 Å². The molecule has 0 radical (unpaired) electrons. The number of hydrogen-bond donors (Lipinski definition) is 3. The fourth-order valence-corrected chi connectivity index (χ4v) is 0.945. The fraction of sp³-hybridized carbons (Fsp3) is 0.300. The van der Waals surface area contributed by atoms with Crippen LogP contribution < -0.4 is 0 Å². The molecular formula is C10H13NO3. The second-order valence-corrected chi connectivity index (χ2v) is 3.09. The minimum Gasteiger partial charge on any atom is -0.508 e. The van der Waals surface area contributed by atoms with E-state index in [0.29, 0.717) is 12.1 Å². The Morgan fingerprint density at radius 1 is 1.43 bits per heavy atom. The molecule has 0 spiro atoms. The summed E-state index contributed by atoms with van der Waals surface area (Å²) in [5.41, 5.74) is 0.517. The number of phenolic OH excluding ortho intramolecular Hbond substituents is 2. The fourth-order valence-electron chi connectivity index (χ4n) is 0.945. The Hall–Kier alpha value is -1.55. The topological polar surface area (TPSA) is 73.1 Å². The minimum absolute atomic E-state index is 0.00942. The number of aliphatic hydroxyl groups is 1. The van der Waals surface area contributed by atoms with Gasteiger partial charge in [0.2, 0.25) is 0 Å². The van der Waals surface area contributed by atoms with E-state index >= 15 is 0 Å². The zero-order chi connectivity index (χ0) is 10.6. The molecule has 0 aromatic heterocycles. The number of aliphatic imine (C=N–C) groups is 1. The van der Waals surface area contributed by atoms with Crippen molar-refractivity contribution in [1.29, 1.82) is 0 Å². The third kappa shape index (κ3) is 3.06. The lowest BCUT2D eigenvalue weighted by molar-refractivity contribution is 0.204. The van der Waals surface area contributed by atoms with Crippen LogP contribution in [0.4, 0.5) is 0 Å². The monoisotopic (exact) mass is 195 g/mol. The van der Waals surface area contributed by atoms with Crippen molar-refractivity contribution >= 4 is 6.21 Å². The summed E-state index contributed by atoms with van der Waals surface area (Å²) in [5, 5.41) is 27.3. The molecule has 3 N–H and O–H groups in total. The molecule has 4 nitrogen and oxygen atoms in total. The van der Waals surface area contributed by atoms with Crippen molar-refractivity contribution in [3.8, 4) is 11.5 Å². The van der Waals surface area contributed by atoms with Crippen LogP contribution in [0.25, 0.3) is 0 Å². The lowest BCUT2D eigenvalue weighted by Gasteiger charge is -2.00. The highest BCUT2D eigenvalue weighted by molar-refractivity contribution is 5.83. The van der Waals surface area contributed by atoms with Crippen molar-refractivity contribution in [2.75, 3.05) is 6.54 Å². The molecule has 0 saturated carbocycles. The maximum atomic E-state index is 9.34. The Morgan fingerprint density at radius 2 is 2.14 bits per heavy atom. The highest BCUT2D eigenvalue weighted by atomic mass is 16.3. The second-order valence-electron chi connectivity index (χ2n) is 3.09. The number of aliphatic hydroxyl groups excluding tert-OH is 1. The quantitative estimate of drug-likeness (QED) is 0.627. The van der Waals surface area contributed by atoms with E-state index in [0.717, 1.165) is 0 Å². The molecule has 1 unspecified atom stereocenters. The number of phenols is 2. The molecule has 0 fully saturated rings. The number of nitrogens with zero attached hydrogens (tertiary/aromatic N) is 1. The summed E-state index contributed by atoms with van der Waals surface area (Å²) >= 11 is 0. The van der Waals surface area contributed by atoms with Crippen LogP contribution >= 0.6 is 0 Å². The summed E-state index contributed by atoms with van der Waals surface area (Å²) < 4.78 is 0. The molecule has 1 atom stereocenters. The summed E-state index contributed by atoms with van der Waals surface area (Å²) in [7, 11) is 0. The van der Waals surface area contributed by atoms with Crippen LogP contribution in [-0.2, 0) is 0 Å². The highest BCUT2D eigenvalue weighted by Gasteiger charge is 1.98. The zero-order valence-corrected chi connectivity index (χ0v) is 7.88. The van der Waals surface area contributed by atoms with Gasteiger partial charge >= 0.3 is 0 Å². The minimum atomic E-state index is -0.495. The van der Waals surface area contributed by atoms with E-state index in [2.05, 4.69) is 4.99 Å². The Bertz CT molecular complexity index is 334. The van der Waals surface area contributed by atoms with Crippen LogP contribution in [0.3, 0.4) is 0 Å². The number of aromatic hydroxyl groups is 2. The molecule has 14 heavy (non-hydrogen) atoms. The maximum Gasteiger partial charge on any atom is 0.128 e. The lowest BCUT2D eigenvalue weighted by Crippen LogP contribution is -2.03. The third-order valence-corrected chi connectivity index (χ3v) is 1.61. The van der Waals surface area contributed by atoms with Crippen molar-refractivity contribution < 1.29 is 15.3 Å². The molecule has 1 aromatic rings. The molecule has 0 heterocycles. The lowest BCUT2D eigenvalue weighted by atomic mass is 10.2. The molecule has 0 aliphatic carbocycles. The summed E-state index contributed by atoms with van der Waals surface area (Å²) in [4.78, 5) is 3.91. The molecule has 0 amide bonds. The van der Waals surface area contributed by atoms with Crippen molar-refractivity contribution in [2.24, 2.45) is 4.99 Å². The largest absolute Gasteiger partial charge is 0.508 e. The van der Waals surface area contributed by atoms with Gasteiger partial charge in [0.15, 0.2) is 0 Å². The van der Waals surface area contributed by atoms with Crippen LogP contribution in [-0.4, -0.2) is 34.2 Å². The average Bonchev–Trinajstić information content (AvgIpc) is 2.08. The van der Waals surface area contributed by atoms with Gasteiger partial charge in [0, 0.05) is 17.8 Å². The summed E-state index contributed by atoms with van der Waals surface area (Å²) in [6, 6.07) is 4.25. The van der Waals surface area contributed by atoms with Crippen LogP contribution in [0.15, 0.2) is 23.2 Å². The van der Waals surface area contributed by atoms with Crippen LogP contribution in [0.5, 0.6) is 11.5 Å². The van der Waals surface area contributed by atoms with Gasteiger partial charge in [0.1, 0.15) is 11.5 Å². The van der Waals surface area contributed by atoms with Gasteiger partial charge in [-0.25, -0.2) is 0 Å². The normalized spacial score (nSPS) is 13.3. The third-order valence-electron chi connectivity index (χ3n) is 1.61. The van der Waals surface area contributed by atoms with Gasteiger partial charge in [-0.2, -0.15) is 0 Å². The van der Waals surface area contributed by atoms with Crippen molar-refractivity contribution in [3.05, 3.63) is 23.8 Å². The van der Waals surface area contributed by atoms with Gasteiger partial charge in [0.05, 0.1) is 12.6 Å². The molecule has 0 aliphatic heterocycles. The Kier molecular flexibility index (Phi) is 3.48. The number of hydrogen-bond acceptors (Lipinski definition) is 4. The van der Waals surface area contributed by atoms with Crippen molar-refractivity contribution in [3.63, 3.8) is 0 Å². The SMILES string of the molecule is CC(O)CN=Cc1ccc(O)cc1O. The molecule has 76 valence electrons. The summed E-state index contributed by atoms with van der Waals surface area (Å²) in [6.45, 7) is 1.92. The Morgan fingerprint density at radius 3 is 2.71 bits per heavy atom.